The van der Waals surface area contributed by atoms with Gasteiger partial charge in [0.15, 0.2) is 0 Å². The Bertz CT molecular complexity index is 437. The van der Waals surface area contributed by atoms with Gasteiger partial charge in [-0.3, -0.25) is 14.9 Å². The van der Waals surface area contributed by atoms with Crippen molar-refractivity contribution in [2.75, 3.05) is 0 Å². The summed E-state index contributed by atoms with van der Waals surface area (Å²) in [7, 11) is 0. The molecule has 16 heavy (non-hydrogen) atoms. The number of nitrogens with one attached hydrogen (secondary N) is 1. The van der Waals surface area contributed by atoms with Gasteiger partial charge < -0.3 is 0 Å². The van der Waals surface area contributed by atoms with Gasteiger partial charge in [-0.25, -0.2) is 5.43 Å². The Morgan fingerprint density at radius 2 is 1.88 bits per heavy atom. The van der Waals surface area contributed by atoms with Gasteiger partial charge in [0, 0.05) is 19.1 Å². The average Bonchev–Trinajstić information content (AvgIpc) is 2.26. The van der Waals surface area contributed by atoms with E-state index in [1.165, 1.54) is 19.1 Å². The van der Waals surface area contributed by atoms with Gasteiger partial charge in [0.25, 0.3) is 5.69 Å². The Morgan fingerprint density at radius 3 is 2.31 bits per heavy atom. The molecule has 0 fully saturated rings. The molecule has 1 aromatic carbocycles. The standard InChI is InChI=1S/C10H11N3O3/c1-7(11-12-8(2)14)9-3-5-10(6-4-9)13(15)16/h3-6H,1-2H3,(H,12,14)/b11-7-. The third-order valence-corrected chi connectivity index (χ3v) is 1.88. The third kappa shape index (κ3) is 3.16. The van der Waals surface area contributed by atoms with Crippen LogP contribution in [0.15, 0.2) is 29.4 Å². The van der Waals surface area contributed by atoms with Crippen LogP contribution in [0.4, 0.5) is 5.69 Å². The summed E-state index contributed by atoms with van der Waals surface area (Å²) in [5.74, 6) is -0.263. The van der Waals surface area contributed by atoms with Crippen molar-refractivity contribution in [3.05, 3.63) is 39.9 Å². The molecular weight excluding hydrogens is 210 g/mol. The van der Waals surface area contributed by atoms with E-state index in [2.05, 4.69) is 10.5 Å². The minimum absolute atomic E-state index is 0.0241. The summed E-state index contributed by atoms with van der Waals surface area (Å²) in [5.41, 5.74) is 3.63. The van der Waals surface area contributed by atoms with Crippen LogP contribution in [-0.2, 0) is 4.79 Å². The molecule has 1 rings (SSSR count). The molecule has 1 N–H and O–H groups in total. The molecule has 0 aromatic heterocycles. The average molecular weight is 221 g/mol. The van der Waals surface area contributed by atoms with Crippen molar-refractivity contribution in [3.8, 4) is 0 Å². The molecular formula is C10H11N3O3. The zero-order valence-electron chi connectivity index (χ0n) is 8.93. The molecule has 0 saturated carbocycles. The fraction of sp³-hybridized carbons (Fsp3) is 0.200. The molecule has 0 spiro atoms. The van der Waals surface area contributed by atoms with Gasteiger partial charge in [0.1, 0.15) is 0 Å². The van der Waals surface area contributed by atoms with Crippen molar-refractivity contribution in [3.63, 3.8) is 0 Å². The highest BCUT2D eigenvalue weighted by atomic mass is 16.6. The van der Waals surface area contributed by atoms with E-state index in [-0.39, 0.29) is 11.6 Å². The molecule has 0 aliphatic rings. The van der Waals surface area contributed by atoms with E-state index in [4.69, 9.17) is 0 Å². The van der Waals surface area contributed by atoms with Crippen molar-refractivity contribution >= 4 is 17.3 Å². The van der Waals surface area contributed by atoms with Gasteiger partial charge in [-0.05, 0) is 24.6 Å². The van der Waals surface area contributed by atoms with Crippen LogP contribution in [0.25, 0.3) is 0 Å². The molecule has 6 nitrogen and oxygen atoms in total. The second-order valence-corrected chi connectivity index (χ2v) is 3.17. The first-order valence-electron chi connectivity index (χ1n) is 4.56. The van der Waals surface area contributed by atoms with Crippen molar-refractivity contribution in [1.82, 2.24) is 5.43 Å². The number of hydrogen-bond donors (Lipinski definition) is 1. The number of rotatable bonds is 3. The van der Waals surface area contributed by atoms with Crippen LogP contribution in [0.3, 0.4) is 0 Å². The first-order valence-corrected chi connectivity index (χ1v) is 4.56. The second kappa shape index (κ2) is 5.01. The maximum Gasteiger partial charge on any atom is 0.269 e. The summed E-state index contributed by atoms with van der Waals surface area (Å²) in [6, 6.07) is 5.95. The van der Waals surface area contributed by atoms with Gasteiger partial charge in [-0.15, -0.1) is 0 Å². The normalized spacial score (nSPS) is 11.0. The molecule has 0 atom stereocenters. The zero-order chi connectivity index (χ0) is 12.1. The highest BCUT2D eigenvalue weighted by Gasteiger charge is 2.05. The number of nitro benzene ring substituents is 1. The monoisotopic (exact) mass is 221 g/mol. The number of benzene rings is 1. The van der Waals surface area contributed by atoms with E-state index >= 15 is 0 Å². The van der Waals surface area contributed by atoms with E-state index in [0.717, 1.165) is 5.56 Å². The Morgan fingerprint density at radius 1 is 1.31 bits per heavy atom. The maximum atomic E-state index is 10.6. The molecule has 0 aliphatic heterocycles. The minimum atomic E-state index is -0.468. The Hall–Kier alpha value is -2.24. The number of non-ortho nitro benzene ring substituents is 1. The van der Waals surface area contributed by atoms with Crippen molar-refractivity contribution in [1.29, 1.82) is 0 Å². The number of amides is 1. The van der Waals surface area contributed by atoms with Gasteiger partial charge in [0.05, 0.1) is 10.6 Å². The van der Waals surface area contributed by atoms with Crippen molar-refractivity contribution in [2.24, 2.45) is 5.10 Å². The fourth-order valence-electron chi connectivity index (χ4n) is 1.05. The van der Waals surface area contributed by atoms with Crippen LogP contribution in [0, 0.1) is 10.1 Å². The Balaban J connectivity index is 2.85. The van der Waals surface area contributed by atoms with E-state index in [1.54, 1.807) is 19.1 Å². The zero-order valence-corrected chi connectivity index (χ0v) is 8.93. The number of nitro groups is 1. The van der Waals surface area contributed by atoms with Crippen molar-refractivity contribution in [2.45, 2.75) is 13.8 Å². The lowest BCUT2D eigenvalue weighted by Crippen LogP contribution is -2.14. The quantitative estimate of drug-likeness (QED) is 0.476. The number of carbonyl (C=O) groups is 1. The van der Waals surface area contributed by atoms with Gasteiger partial charge in [-0.1, -0.05) is 0 Å². The Labute approximate surface area is 92.1 Å². The van der Waals surface area contributed by atoms with E-state index in [9.17, 15) is 14.9 Å². The molecule has 84 valence electrons. The highest BCUT2D eigenvalue weighted by Crippen LogP contribution is 2.12. The van der Waals surface area contributed by atoms with Crippen molar-refractivity contribution < 1.29 is 9.72 Å². The number of carbonyl (C=O) groups excluding carboxylic acids is 1. The van der Waals surface area contributed by atoms with Crippen LogP contribution in [0.2, 0.25) is 0 Å². The molecule has 6 heteroatoms. The van der Waals surface area contributed by atoms with Gasteiger partial charge in [-0.2, -0.15) is 5.10 Å². The summed E-state index contributed by atoms with van der Waals surface area (Å²) in [6.45, 7) is 3.06. The fourth-order valence-corrected chi connectivity index (χ4v) is 1.05. The van der Waals surface area contributed by atoms with Crippen LogP contribution in [0.1, 0.15) is 19.4 Å². The third-order valence-electron chi connectivity index (χ3n) is 1.88. The van der Waals surface area contributed by atoms with E-state index in [0.29, 0.717) is 5.71 Å². The predicted molar refractivity (Wildman–Crippen MR) is 59.1 cm³/mol. The number of hydrazone groups is 1. The van der Waals surface area contributed by atoms with Gasteiger partial charge in [0.2, 0.25) is 5.91 Å². The Kier molecular flexibility index (Phi) is 3.71. The first-order chi connectivity index (χ1) is 7.50. The minimum Gasteiger partial charge on any atom is -0.274 e. The lowest BCUT2D eigenvalue weighted by molar-refractivity contribution is -0.384. The second-order valence-electron chi connectivity index (χ2n) is 3.17. The summed E-state index contributed by atoms with van der Waals surface area (Å²) < 4.78 is 0. The molecule has 0 aliphatic carbocycles. The summed E-state index contributed by atoms with van der Waals surface area (Å²) in [5, 5.41) is 14.2. The summed E-state index contributed by atoms with van der Waals surface area (Å²) >= 11 is 0. The topological polar surface area (TPSA) is 84.6 Å². The molecule has 0 radical (unpaired) electrons. The largest absolute Gasteiger partial charge is 0.274 e. The maximum absolute atomic E-state index is 10.6. The van der Waals surface area contributed by atoms with E-state index < -0.39 is 4.92 Å². The molecule has 0 saturated heterocycles. The van der Waals surface area contributed by atoms with Gasteiger partial charge >= 0.3 is 0 Å². The number of hydrogen-bond acceptors (Lipinski definition) is 4. The van der Waals surface area contributed by atoms with Crippen LogP contribution in [0.5, 0.6) is 0 Å². The first kappa shape index (κ1) is 11.8. The lowest BCUT2D eigenvalue weighted by atomic mass is 10.1. The molecule has 0 heterocycles. The SMILES string of the molecule is CC(=O)N/N=C(/C)c1ccc([N+](=O)[O-])cc1. The molecule has 0 unspecified atom stereocenters. The summed E-state index contributed by atoms with van der Waals surface area (Å²) in [6.07, 6.45) is 0. The molecule has 1 amide bonds. The van der Waals surface area contributed by atoms with E-state index in [1.807, 2.05) is 0 Å². The molecule has 0 bridgehead atoms. The number of nitrogens with zero attached hydrogens (tertiary/aromatic N) is 2. The highest BCUT2D eigenvalue weighted by molar-refractivity contribution is 5.99. The van der Waals surface area contributed by atoms with Crippen LogP contribution >= 0.6 is 0 Å². The lowest BCUT2D eigenvalue weighted by Gasteiger charge is -2.00. The predicted octanol–water partition coefficient (Wildman–Crippen LogP) is 1.45. The smallest absolute Gasteiger partial charge is 0.269 e. The van der Waals surface area contributed by atoms with Crippen LogP contribution in [-0.4, -0.2) is 16.5 Å². The van der Waals surface area contributed by atoms with Crippen LogP contribution < -0.4 is 5.43 Å². The molecule has 1 aromatic rings. The summed E-state index contributed by atoms with van der Waals surface area (Å²) in [4.78, 5) is 20.6.